The van der Waals surface area contributed by atoms with Gasteiger partial charge in [0.1, 0.15) is 5.69 Å². The van der Waals surface area contributed by atoms with Crippen LogP contribution < -0.4 is 4.90 Å². The molecular weight excluding hydrogens is 360 g/mol. The second-order valence-corrected chi connectivity index (χ2v) is 6.70. The Morgan fingerprint density at radius 3 is 2.61 bits per heavy atom. The number of hydrogen-bond acceptors (Lipinski definition) is 5. The first-order valence-corrected chi connectivity index (χ1v) is 9.35. The van der Waals surface area contributed by atoms with Crippen molar-refractivity contribution in [1.82, 2.24) is 4.98 Å². The van der Waals surface area contributed by atoms with Crippen LogP contribution in [0.1, 0.15) is 51.0 Å². The fourth-order valence-corrected chi connectivity index (χ4v) is 3.53. The van der Waals surface area contributed by atoms with Gasteiger partial charge in [-0.1, -0.05) is 18.2 Å². The molecule has 3 rings (SSSR count). The highest BCUT2D eigenvalue weighted by molar-refractivity contribution is 6.00. The van der Waals surface area contributed by atoms with Gasteiger partial charge in [-0.05, 0) is 50.8 Å². The number of rotatable bonds is 5. The lowest BCUT2D eigenvalue weighted by atomic mass is 10.0. The summed E-state index contributed by atoms with van der Waals surface area (Å²) in [5, 5.41) is 0. The number of H-pyrrole nitrogens is 1. The summed E-state index contributed by atoms with van der Waals surface area (Å²) < 4.78 is 10.3. The molecule has 0 saturated carbocycles. The second kappa shape index (κ2) is 8.29. The zero-order valence-corrected chi connectivity index (χ0v) is 16.3. The molecule has 0 aliphatic carbocycles. The van der Waals surface area contributed by atoms with Crippen molar-refractivity contribution in [1.29, 1.82) is 0 Å². The normalized spacial score (nSPS) is 13.0. The minimum Gasteiger partial charge on any atom is -0.462 e. The first kappa shape index (κ1) is 19.7. The number of benzene rings is 1. The zero-order chi connectivity index (χ0) is 20.3. The largest absolute Gasteiger partial charge is 0.462 e. The Kier molecular flexibility index (Phi) is 5.82. The highest BCUT2D eigenvalue weighted by atomic mass is 16.5. The third-order valence-corrected chi connectivity index (χ3v) is 4.86. The van der Waals surface area contributed by atoms with Gasteiger partial charge in [-0.15, -0.1) is 0 Å². The third-order valence-electron chi connectivity index (χ3n) is 4.86. The van der Waals surface area contributed by atoms with Crippen LogP contribution in [-0.2, 0) is 20.7 Å². The van der Waals surface area contributed by atoms with Gasteiger partial charge in [0.15, 0.2) is 6.61 Å². The molecule has 0 bridgehead atoms. The van der Waals surface area contributed by atoms with E-state index >= 15 is 0 Å². The molecule has 0 atom stereocenters. The molecule has 7 heteroatoms. The van der Waals surface area contributed by atoms with Crippen LogP contribution in [0.3, 0.4) is 0 Å². The highest BCUT2D eigenvalue weighted by Gasteiger charge is 2.26. The van der Waals surface area contributed by atoms with Crippen LogP contribution in [0, 0.1) is 13.8 Å². The van der Waals surface area contributed by atoms with Gasteiger partial charge in [-0.2, -0.15) is 0 Å². The second-order valence-electron chi connectivity index (χ2n) is 6.70. The van der Waals surface area contributed by atoms with Gasteiger partial charge in [0.05, 0.1) is 12.2 Å². The summed E-state index contributed by atoms with van der Waals surface area (Å²) in [7, 11) is 0. The standard InChI is InChI=1S/C21H24N2O5/c1-4-27-20(25)18-13(2)19(22-14(18)3)21(26)28-12-17(24)23-11-7-9-15-8-5-6-10-16(15)23/h5-6,8,10,22H,4,7,9,11-12H2,1-3H3. The molecule has 1 aliphatic rings. The van der Waals surface area contributed by atoms with Crippen LogP contribution in [0.25, 0.3) is 0 Å². The average Bonchev–Trinajstić information content (AvgIpc) is 2.99. The number of aromatic amines is 1. The lowest BCUT2D eigenvalue weighted by molar-refractivity contribution is -0.121. The number of anilines is 1. The van der Waals surface area contributed by atoms with Gasteiger partial charge in [0.25, 0.3) is 5.91 Å². The quantitative estimate of drug-likeness (QED) is 0.801. The van der Waals surface area contributed by atoms with E-state index in [1.807, 2.05) is 24.3 Å². The molecular formula is C21H24N2O5. The molecule has 0 saturated heterocycles. The topological polar surface area (TPSA) is 88.7 Å². The first-order chi connectivity index (χ1) is 13.4. The number of carbonyl (C=O) groups excluding carboxylic acids is 3. The van der Waals surface area contributed by atoms with E-state index in [9.17, 15) is 14.4 Å². The number of amides is 1. The number of aromatic nitrogens is 1. The van der Waals surface area contributed by atoms with Crippen molar-refractivity contribution in [3.05, 3.63) is 52.3 Å². The van der Waals surface area contributed by atoms with Crippen molar-refractivity contribution >= 4 is 23.5 Å². The SMILES string of the molecule is CCOC(=O)c1c(C)[nH]c(C(=O)OCC(=O)N2CCCc3ccccc32)c1C. The molecule has 2 aromatic rings. The van der Waals surface area contributed by atoms with E-state index in [1.54, 1.807) is 25.7 Å². The van der Waals surface area contributed by atoms with Gasteiger partial charge in [0, 0.05) is 17.9 Å². The Hall–Kier alpha value is -3.09. The Morgan fingerprint density at radius 2 is 1.86 bits per heavy atom. The van der Waals surface area contributed by atoms with E-state index in [1.165, 1.54) is 0 Å². The molecule has 28 heavy (non-hydrogen) atoms. The molecule has 148 valence electrons. The van der Waals surface area contributed by atoms with E-state index < -0.39 is 11.9 Å². The monoisotopic (exact) mass is 384 g/mol. The molecule has 0 unspecified atom stereocenters. The fraction of sp³-hybridized carbons (Fsp3) is 0.381. The summed E-state index contributed by atoms with van der Waals surface area (Å²) in [4.78, 5) is 41.7. The van der Waals surface area contributed by atoms with Gasteiger partial charge in [0.2, 0.25) is 0 Å². The van der Waals surface area contributed by atoms with Crippen LogP contribution in [0.5, 0.6) is 0 Å². The van der Waals surface area contributed by atoms with E-state index in [0.717, 1.165) is 24.1 Å². The van der Waals surface area contributed by atoms with Gasteiger partial charge in [-0.25, -0.2) is 9.59 Å². The average molecular weight is 384 g/mol. The summed E-state index contributed by atoms with van der Waals surface area (Å²) in [6, 6.07) is 7.74. The number of nitrogens with zero attached hydrogens (tertiary/aromatic N) is 1. The van der Waals surface area contributed by atoms with Crippen LogP contribution in [-0.4, -0.2) is 42.6 Å². The smallest absolute Gasteiger partial charge is 0.355 e. The molecule has 2 heterocycles. The van der Waals surface area contributed by atoms with Crippen LogP contribution in [0.4, 0.5) is 5.69 Å². The fourth-order valence-electron chi connectivity index (χ4n) is 3.53. The minimum absolute atomic E-state index is 0.160. The first-order valence-electron chi connectivity index (χ1n) is 9.35. The van der Waals surface area contributed by atoms with E-state index in [4.69, 9.17) is 9.47 Å². The predicted octanol–water partition coefficient (Wildman–Crippen LogP) is 2.94. The summed E-state index contributed by atoms with van der Waals surface area (Å²) in [6.07, 6.45) is 1.80. The minimum atomic E-state index is -0.671. The molecule has 7 nitrogen and oxygen atoms in total. The highest BCUT2D eigenvalue weighted by Crippen LogP contribution is 2.27. The molecule has 1 aromatic heterocycles. The lowest BCUT2D eigenvalue weighted by Gasteiger charge is -2.29. The van der Waals surface area contributed by atoms with E-state index in [-0.39, 0.29) is 24.8 Å². The van der Waals surface area contributed by atoms with E-state index in [0.29, 0.717) is 23.4 Å². The number of aryl methyl sites for hydroxylation is 2. The molecule has 1 N–H and O–H groups in total. The summed E-state index contributed by atoms with van der Waals surface area (Å²) in [5.41, 5.74) is 3.45. The molecule has 0 spiro atoms. The molecule has 1 amide bonds. The maximum absolute atomic E-state index is 12.6. The molecule has 0 fully saturated rings. The predicted molar refractivity (Wildman–Crippen MR) is 104 cm³/mol. The number of para-hydroxylation sites is 1. The lowest BCUT2D eigenvalue weighted by Crippen LogP contribution is -2.38. The van der Waals surface area contributed by atoms with Crippen molar-refractivity contribution in [3.8, 4) is 0 Å². The number of esters is 2. The summed E-state index contributed by atoms with van der Waals surface area (Å²) in [5.74, 6) is -1.43. The summed E-state index contributed by atoms with van der Waals surface area (Å²) >= 11 is 0. The van der Waals surface area contributed by atoms with Crippen molar-refractivity contribution in [2.24, 2.45) is 0 Å². The van der Waals surface area contributed by atoms with Gasteiger partial charge in [-0.3, -0.25) is 4.79 Å². The van der Waals surface area contributed by atoms with Crippen molar-refractivity contribution in [2.75, 3.05) is 24.7 Å². The number of hydrogen-bond donors (Lipinski definition) is 1. The Bertz CT molecular complexity index is 916. The van der Waals surface area contributed by atoms with Crippen molar-refractivity contribution in [3.63, 3.8) is 0 Å². The molecule has 1 aliphatic heterocycles. The van der Waals surface area contributed by atoms with Crippen LogP contribution >= 0.6 is 0 Å². The van der Waals surface area contributed by atoms with Crippen LogP contribution in [0.2, 0.25) is 0 Å². The zero-order valence-electron chi connectivity index (χ0n) is 16.3. The Morgan fingerprint density at radius 1 is 1.11 bits per heavy atom. The van der Waals surface area contributed by atoms with E-state index in [2.05, 4.69) is 4.98 Å². The van der Waals surface area contributed by atoms with Crippen molar-refractivity contribution in [2.45, 2.75) is 33.6 Å². The molecule has 1 aromatic carbocycles. The number of nitrogens with one attached hydrogen (secondary N) is 1. The van der Waals surface area contributed by atoms with Gasteiger partial charge >= 0.3 is 11.9 Å². The number of carbonyl (C=O) groups is 3. The molecule has 0 radical (unpaired) electrons. The number of fused-ring (bicyclic) bond motifs is 1. The summed E-state index contributed by atoms with van der Waals surface area (Å²) in [6.45, 7) is 5.53. The van der Waals surface area contributed by atoms with Crippen LogP contribution in [0.15, 0.2) is 24.3 Å². The van der Waals surface area contributed by atoms with Gasteiger partial charge < -0.3 is 19.4 Å². The Balaban J connectivity index is 1.69. The number of ether oxygens (including phenoxy) is 2. The third kappa shape index (κ3) is 3.78. The maximum Gasteiger partial charge on any atom is 0.355 e. The Labute approximate surface area is 163 Å². The maximum atomic E-state index is 12.6. The van der Waals surface area contributed by atoms with Crippen molar-refractivity contribution < 1.29 is 23.9 Å².